The van der Waals surface area contributed by atoms with Crippen molar-refractivity contribution in [2.75, 3.05) is 0 Å². The average Bonchev–Trinajstić information content (AvgIpc) is 3.56. The minimum atomic E-state index is 0.154. The summed E-state index contributed by atoms with van der Waals surface area (Å²) in [4.78, 5) is 9.13. The van der Waals surface area contributed by atoms with Crippen molar-refractivity contribution in [3.8, 4) is 46.5 Å². The van der Waals surface area contributed by atoms with Crippen molar-refractivity contribution < 1.29 is 19.0 Å². The van der Waals surface area contributed by atoms with Gasteiger partial charge in [0.05, 0.1) is 23.3 Å². The fourth-order valence-corrected chi connectivity index (χ4v) is 5.23. The highest BCUT2D eigenvalue weighted by atomic mass is 32.2. The largest absolute Gasteiger partial charge is 0.508 e. The van der Waals surface area contributed by atoms with E-state index in [0.29, 0.717) is 56.6 Å². The van der Waals surface area contributed by atoms with Crippen molar-refractivity contribution in [1.82, 2.24) is 9.97 Å². The number of benzene rings is 4. The topological polar surface area (TPSA) is 140 Å². The molecule has 188 valence electrons. The van der Waals surface area contributed by atoms with E-state index in [1.807, 2.05) is 12.1 Å². The van der Waals surface area contributed by atoms with Crippen LogP contribution in [-0.4, -0.2) is 20.2 Å². The molecule has 0 radical (unpaired) electrons. The van der Waals surface area contributed by atoms with Crippen LogP contribution in [0.1, 0.15) is 22.3 Å². The van der Waals surface area contributed by atoms with Gasteiger partial charge >= 0.3 is 0 Å². The molecule has 0 aliphatic heterocycles. The molecule has 2 N–H and O–H groups in total. The Morgan fingerprint density at radius 3 is 1.44 bits per heavy atom. The fourth-order valence-electron chi connectivity index (χ4n) is 4.21. The van der Waals surface area contributed by atoms with Gasteiger partial charge in [0, 0.05) is 34.8 Å². The summed E-state index contributed by atoms with van der Waals surface area (Å²) in [5.74, 6) is 2.18. The molecule has 0 saturated carbocycles. The Labute approximate surface area is 226 Å². The molecule has 39 heavy (non-hydrogen) atoms. The lowest BCUT2D eigenvalue weighted by Gasteiger charge is -2.06. The summed E-state index contributed by atoms with van der Waals surface area (Å²) >= 11 is 1.57. The van der Waals surface area contributed by atoms with E-state index in [0.717, 1.165) is 22.3 Å². The molecule has 2 heterocycles. The minimum absolute atomic E-state index is 0.154. The first-order chi connectivity index (χ1) is 19.0. The monoisotopic (exact) mass is 530 g/mol. The highest BCUT2D eigenvalue weighted by Gasteiger charge is 2.15. The van der Waals surface area contributed by atoms with Gasteiger partial charge in [-0.05, 0) is 71.8 Å². The van der Waals surface area contributed by atoms with Crippen LogP contribution in [0.3, 0.4) is 0 Å². The molecular weight excluding hydrogens is 512 g/mol. The van der Waals surface area contributed by atoms with Crippen molar-refractivity contribution in [1.29, 1.82) is 10.5 Å². The number of aromatic hydroxyl groups is 2. The van der Waals surface area contributed by atoms with Crippen LogP contribution in [0.5, 0.6) is 11.5 Å². The molecule has 2 aromatic heterocycles. The molecule has 0 bridgehead atoms. The van der Waals surface area contributed by atoms with Crippen LogP contribution in [0, 0.1) is 22.7 Å². The van der Waals surface area contributed by atoms with Gasteiger partial charge in [0.25, 0.3) is 0 Å². The van der Waals surface area contributed by atoms with E-state index in [1.165, 1.54) is 0 Å². The molecule has 0 amide bonds. The van der Waals surface area contributed by atoms with Crippen molar-refractivity contribution in [2.45, 2.75) is 11.5 Å². The lowest BCUT2D eigenvalue weighted by atomic mass is 10.1. The van der Waals surface area contributed by atoms with Crippen LogP contribution in [0.25, 0.3) is 45.1 Å². The van der Waals surface area contributed by atoms with E-state index >= 15 is 0 Å². The summed E-state index contributed by atoms with van der Waals surface area (Å²) in [7, 11) is 0. The van der Waals surface area contributed by atoms with E-state index in [2.05, 4.69) is 22.1 Å². The van der Waals surface area contributed by atoms with E-state index in [4.69, 9.17) is 8.83 Å². The molecule has 0 fully saturated rings. The van der Waals surface area contributed by atoms with Gasteiger partial charge < -0.3 is 19.0 Å². The number of aromatic nitrogens is 2. The molecule has 0 atom stereocenters. The number of nitrogens with zero attached hydrogens (tertiary/aromatic N) is 4. The highest BCUT2D eigenvalue weighted by molar-refractivity contribution is 7.97. The third kappa shape index (κ3) is 4.75. The first kappa shape index (κ1) is 24.1. The Balaban J connectivity index is 1.24. The van der Waals surface area contributed by atoms with Gasteiger partial charge in [0.15, 0.2) is 11.2 Å². The minimum Gasteiger partial charge on any atom is -0.508 e. The second kappa shape index (κ2) is 9.90. The second-order valence-electron chi connectivity index (χ2n) is 8.80. The third-order valence-electron chi connectivity index (χ3n) is 6.21. The van der Waals surface area contributed by atoms with Crippen molar-refractivity contribution in [3.05, 3.63) is 95.1 Å². The fraction of sp³-hybridized carbons (Fsp3) is 0.0667. The Kier molecular flexibility index (Phi) is 6.12. The quantitative estimate of drug-likeness (QED) is 0.235. The number of nitriles is 2. The number of phenols is 2. The summed E-state index contributed by atoms with van der Waals surface area (Å²) in [6, 6.07) is 24.7. The normalized spacial score (nSPS) is 11.0. The number of phenolic OH excluding ortho intramolecular Hbond substituents is 2. The van der Waals surface area contributed by atoms with Gasteiger partial charge in [-0.3, -0.25) is 0 Å². The average molecular weight is 531 g/mol. The zero-order chi connectivity index (χ0) is 26.9. The SMILES string of the molecule is N#Cc1cc2oc(-c3ccc(O)cc3)nc2cc1CSCc1cc2nc(-c3ccc(O)cc3)oc2cc1C#N. The predicted molar refractivity (Wildman–Crippen MR) is 147 cm³/mol. The molecule has 9 heteroatoms. The molecule has 8 nitrogen and oxygen atoms in total. The number of fused-ring (bicyclic) bond motifs is 2. The Hall–Kier alpha value is -5.25. The van der Waals surface area contributed by atoms with Crippen LogP contribution >= 0.6 is 11.8 Å². The van der Waals surface area contributed by atoms with Gasteiger partial charge in [0.1, 0.15) is 22.5 Å². The summed E-state index contributed by atoms with van der Waals surface area (Å²) in [6.45, 7) is 0. The molecule has 4 aromatic carbocycles. The summed E-state index contributed by atoms with van der Waals surface area (Å²) in [5, 5.41) is 38.5. The maximum absolute atomic E-state index is 9.74. The van der Waals surface area contributed by atoms with Gasteiger partial charge in [0.2, 0.25) is 11.8 Å². The highest BCUT2D eigenvalue weighted by Crippen LogP contribution is 2.32. The van der Waals surface area contributed by atoms with E-state index in [9.17, 15) is 20.7 Å². The Morgan fingerprint density at radius 1 is 0.641 bits per heavy atom. The third-order valence-corrected chi connectivity index (χ3v) is 7.24. The molecule has 6 aromatic rings. The van der Waals surface area contributed by atoms with E-state index in [-0.39, 0.29) is 11.5 Å². The molecular formula is C30H18N4O4S. The van der Waals surface area contributed by atoms with Gasteiger partial charge in [-0.15, -0.1) is 0 Å². The van der Waals surface area contributed by atoms with Crippen LogP contribution in [-0.2, 0) is 11.5 Å². The Bertz CT molecular complexity index is 1790. The van der Waals surface area contributed by atoms with Crippen LogP contribution in [0.4, 0.5) is 0 Å². The maximum atomic E-state index is 9.74. The smallest absolute Gasteiger partial charge is 0.227 e. The van der Waals surface area contributed by atoms with Gasteiger partial charge in [-0.25, -0.2) is 9.97 Å². The number of oxazole rings is 2. The Morgan fingerprint density at radius 2 is 1.05 bits per heavy atom. The van der Waals surface area contributed by atoms with E-state index < -0.39 is 0 Å². The maximum Gasteiger partial charge on any atom is 0.227 e. The van der Waals surface area contributed by atoms with Crippen molar-refractivity contribution in [3.63, 3.8) is 0 Å². The lowest BCUT2D eigenvalue weighted by molar-refractivity contribution is 0.474. The number of rotatable bonds is 6. The van der Waals surface area contributed by atoms with Crippen molar-refractivity contribution in [2.24, 2.45) is 0 Å². The predicted octanol–water partition coefficient (Wildman–Crippen LogP) is 6.89. The van der Waals surface area contributed by atoms with Crippen LogP contribution in [0.2, 0.25) is 0 Å². The molecule has 6 rings (SSSR count). The summed E-state index contributed by atoms with van der Waals surface area (Å²) in [5.41, 5.74) is 6.36. The summed E-state index contributed by atoms with van der Waals surface area (Å²) in [6.07, 6.45) is 0. The molecule has 0 aliphatic carbocycles. The number of hydrogen-bond acceptors (Lipinski definition) is 9. The molecule has 0 saturated heterocycles. The van der Waals surface area contributed by atoms with Crippen LogP contribution in [0.15, 0.2) is 81.6 Å². The van der Waals surface area contributed by atoms with E-state index in [1.54, 1.807) is 72.4 Å². The zero-order valence-electron chi connectivity index (χ0n) is 20.3. The van der Waals surface area contributed by atoms with Gasteiger partial charge in [-0.1, -0.05) is 0 Å². The molecule has 0 unspecified atom stereocenters. The van der Waals surface area contributed by atoms with Crippen LogP contribution < -0.4 is 0 Å². The van der Waals surface area contributed by atoms with Crippen molar-refractivity contribution >= 4 is 34.0 Å². The first-order valence-electron chi connectivity index (χ1n) is 11.8. The molecule has 0 aliphatic rings. The number of hydrogen-bond donors (Lipinski definition) is 2. The summed E-state index contributed by atoms with van der Waals surface area (Å²) < 4.78 is 11.7. The first-order valence-corrected chi connectivity index (χ1v) is 13.0. The number of thioether (sulfide) groups is 1. The second-order valence-corrected chi connectivity index (χ2v) is 9.79. The zero-order valence-corrected chi connectivity index (χ0v) is 21.1. The molecule has 0 spiro atoms. The van der Waals surface area contributed by atoms with Gasteiger partial charge in [-0.2, -0.15) is 22.3 Å². The standard InChI is InChI=1S/C30H18N4O4S/c31-13-19-11-27-25(33-29(37-27)17-1-5-23(35)6-2-17)9-21(19)15-39-16-22-10-26-28(12-20(22)14-32)38-30(34-26)18-3-7-24(36)8-4-18/h1-12,35-36H,15-16H2. The lowest BCUT2D eigenvalue weighted by Crippen LogP contribution is -1.92.